The van der Waals surface area contributed by atoms with Crippen LogP contribution < -0.4 is 14.8 Å². The van der Waals surface area contributed by atoms with E-state index in [0.717, 1.165) is 24.3 Å². The van der Waals surface area contributed by atoms with E-state index in [1.807, 2.05) is 42.7 Å². The maximum atomic E-state index is 11.8. The van der Waals surface area contributed by atoms with Crippen molar-refractivity contribution in [3.63, 3.8) is 0 Å². The lowest BCUT2D eigenvalue weighted by Crippen LogP contribution is -2.22. The fourth-order valence-corrected chi connectivity index (χ4v) is 2.24. The van der Waals surface area contributed by atoms with Crippen molar-refractivity contribution in [1.29, 1.82) is 0 Å². The Hall–Kier alpha value is -2.69. The number of carbonyl (C=O) groups excluding carboxylic acids is 1. The number of ether oxygens (including phenoxy) is 2. The Labute approximate surface area is 129 Å². The molecule has 3 rings (SSSR count). The molecule has 2 aromatic rings. The molecule has 5 nitrogen and oxygen atoms in total. The molecule has 114 valence electrons. The molecule has 0 saturated carbocycles. The molecule has 1 aromatic heterocycles. The number of aryl methyl sites for hydroxylation is 1. The van der Waals surface area contributed by atoms with E-state index >= 15 is 0 Å². The number of hydrogen-bond donors (Lipinski definition) is 1. The second kappa shape index (κ2) is 6.85. The third kappa shape index (κ3) is 3.69. The molecule has 1 N–H and O–H groups in total. The number of amides is 1. The van der Waals surface area contributed by atoms with E-state index in [0.29, 0.717) is 12.3 Å². The van der Waals surface area contributed by atoms with Crippen molar-refractivity contribution in [3.8, 4) is 11.5 Å². The maximum Gasteiger partial charge on any atom is 0.244 e. The van der Waals surface area contributed by atoms with Gasteiger partial charge in [-0.25, -0.2) is 0 Å². The molecule has 0 bridgehead atoms. The highest BCUT2D eigenvalue weighted by molar-refractivity contribution is 5.91. The van der Waals surface area contributed by atoms with E-state index in [1.165, 1.54) is 6.08 Å². The van der Waals surface area contributed by atoms with Crippen molar-refractivity contribution in [1.82, 2.24) is 9.88 Å². The number of nitrogens with zero attached hydrogens (tertiary/aromatic N) is 1. The van der Waals surface area contributed by atoms with Gasteiger partial charge in [0.2, 0.25) is 12.7 Å². The summed E-state index contributed by atoms with van der Waals surface area (Å²) in [5.41, 5.74) is 0.909. The molecule has 0 fully saturated rings. The lowest BCUT2D eigenvalue weighted by atomic mass is 10.2. The maximum absolute atomic E-state index is 11.8. The highest BCUT2D eigenvalue weighted by Crippen LogP contribution is 2.32. The first-order valence-corrected chi connectivity index (χ1v) is 7.27. The van der Waals surface area contributed by atoms with Crippen LogP contribution in [0.4, 0.5) is 0 Å². The van der Waals surface area contributed by atoms with Crippen molar-refractivity contribution in [2.45, 2.75) is 13.0 Å². The van der Waals surface area contributed by atoms with Crippen LogP contribution in [0.5, 0.6) is 11.5 Å². The Morgan fingerprint density at radius 3 is 2.91 bits per heavy atom. The number of rotatable bonds is 6. The first-order valence-electron chi connectivity index (χ1n) is 7.27. The van der Waals surface area contributed by atoms with Gasteiger partial charge in [-0.2, -0.15) is 0 Å². The van der Waals surface area contributed by atoms with Crippen molar-refractivity contribution in [2.24, 2.45) is 0 Å². The highest BCUT2D eigenvalue weighted by atomic mass is 16.7. The van der Waals surface area contributed by atoms with Gasteiger partial charge in [-0.3, -0.25) is 4.79 Å². The van der Waals surface area contributed by atoms with Gasteiger partial charge in [0, 0.05) is 31.6 Å². The number of aromatic nitrogens is 1. The van der Waals surface area contributed by atoms with E-state index in [9.17, 15) is 4.79 Å². The van der Waals surface area contributed by atoms with Crippen LogP contribution in [-0.4, -0.2) is 23.8 Å². The van der Waals surface area contributed by atoms with Crippen molar-refractivity contribution >= 4 is 12.0 Å². The van der Waals surface area contributed by atoms with E-state index in [2.05, 4.69) is 9.88 Å². The fourth-order valence-electron chi connectivity index (χ4n) is 2.24. The zero-order chi connectivity index (χ0) is 15.2. The van der Waals surface area contributed by atoms with Crippen molar-refractivity contribution in [2.75, 3.05) is 13.3 Å². The van der Waals surface area contributed by atoms with E-state index in [-0.39, 0.29) is 12.7 Å². The van der Waals surface area contributed by atoms with Gasteiger partial charge >= 0.3 is 0 Å². The molecular formula is C17H18N2O3. The van der Waals surface area contributed by atoms with Crippen LogP contribution in [0.25, 0.3) is 6.08 Å². The third-order valence-corrected chi connectivity index (χ3v) is 3.38. The second-order valence-electron chi connectivity index (χ2n) is 5.01. The minimum atomic E-state index is -0.0924. The molecular weight excluding hydrogens is 280 g/mol. The Balaban J connectivity index is 1.43. The van der Waals surface area contributed by atoms with Crippen LogP contribution in [0.1, 0.15) is 12.0 Å². The van der Waals surface area contributed by atoms with Crippen LogP contribution in [0.15, 0.2) is 48.8 Å². The van der Waals surface area contributed by atoms with Crippen LogP contribution in [0.2, 0.25) is 0 Å². The summed E-state index contributed by atoms with van der Waals surface area (Å²) in [7, 11) is 0. The third-order valence-electron chi connectivity index (χ3n) is 3.38. The number of nitrogens with one attached hydrogen (secondary N) is 1. The first kappa shape index (κ1) is 14.3. The van der Waals surface area contributed by atoms with Gasteiger partial charge in [-0.1, -0.05) is 6.07 Å². The van der Waals surface area contributed by atoms with Gasteiger partial charge in [0.25, 0.3) is 0 Å². The molecule has 1 amide bonds. The average Bonchev–Trinajstić information content (AvgIpc) is 3.20. The van der Waals surface area contributed by atoms with Gasteiger partial charge < -0.3 is 19.4 Å². The van der Waals surface area contributed by atoms with Gasteiger partial charge in [0.1, 0.15) is 0 Å². The standard InChI is InChI=1S/C17H18N2O3/c20-17(18-8-3-11-19-9-1-2-10-19)7-5-14-4-6-15-16(12-14)22-13-21-15/h1-2,4-7,9-10,12H,3,8,11,13H2,(H,18,20). The second-order valence-corrected chi connectivity index (χ2v) is 5.01. The first-order chi connectivity index (χ1) is 10.8. The Kier molecular flexibility index (Phi) is 4.44. The minimum absolute atomic E-state index is 0.0924. The number of carbonyl (C=O) groups is 1. The Bertz CT molecular complexity index is 663. The summed E-state index contributed by atoms with van der Waals surface area (Å²) in [5, 5.41) is 2.87. The molecule has 5 heteroatoms. The van der Waals surface area contributed by atoms with Gasteiger partial charge in [0.15, 0.2) is 11.5 Å². The lowest BCUT2D eigenvalue weighted by Gasteiger charge is -2.03. The van der Waals surface area contributed by atoms with Gasteiger partial charge in [-0.05, 0) is 42.3 Å². The topological polar surface area (TPSA) is 52.5 Å². The molecule has 22 heavy (non-hydrogen) atoms. The zero-order valence-corrected chi connectivity index (χ0v) is 12.2. The summed E-state index contributed by atoms with van der Waals surface area (Å²) in [6, 6.07) is 9.58. The molecule has 0 saturated heterocycles. The molecule has 1 aliphatic rings. The lowest BCUT2D eigenvalue weighted by molar-refractivity contribution is -0.116. The molecule has 1 aromatic carbocycles. The molecule has 0 spiro atoms. The predicted octanol–water partition coefficient (Wildman–Crippen LogP) is 2.44. The molecule has 0 unspecified atom stereocenters. The minimum Gasteiger partial charge on any atom is -0.454 e. The summed E-state index contributed by atoms with van der Waals surface area (Å²) >= 11 is 0. The Morgan fingerprint density at radius 2 is 2.05 bits per heavy atom. The largest absolute Gasteiger partial charge is 0.454 e. The van der Waals surface area contributed by atoms with Crippen LogP contribution >= 0.6 is 0 Å². The van der Waals surface area contributed by atoms with Gasteiger partial charge in [0.05, 0.1) is 0 Å². The smallest absolute Gasteiger partial charge is 0.244 e. The fraction of sp³-hybridized carbons (Fsp3) is 0.235. The molecule has 0 aliphatic carbocycles. The molecule has 0 atom stereocenters. The summed E-state index contributed by atoms with van der Waals surface area (Å²) in [6.07, 6.45) is 8.23. The van der Waals surface area contributed by atoms with Crippen LogP contribution in [0.3, 0.4) is 0 Å². The van der Waals surface area contributed by atoms with Crippen LogP contribution in [-0.2, 0) is 11.3 Å². The zero-order valence-electron chi connectivity index (χ0n) is 12.2. The monoisotopic (exact) mass is 298 g/mol. The summed E-state index contributed by atoms with van der Waals surface area (Å²) in [4.78, 5) is 11.8. The quantitative estimate of drug-likeness (QED) is 0.658. The van der Waals surface area contributed by atoms with Crippen LogP contribution in [0, 0.1) is 0 Å². The van der Waals surface area contributed by atoms with Gasteiger partial charge in [-0.15, -0.1) is 0 Å². The molecule has 1 aliphatic heterocycles. The number of fused-ring (bicyclic) bond motifs is 1. The predicted molar refractivity (Wildman–Crippen MR) is 83.7 cm³/mol. The van der Waals surface area contributed by atoms with E-state index in [4.69, 9.17) is 9.47 Å². The number of hydrogen-bond acceptors (Lipinski definition) is 3. The summed E-state index contributed by atoms with van der Waals surface area (Å²) < 4.78 is 12.6. The van der Waals surface area contributed by atoms with E-state index in [1.54, 1.807) is 6.08 Å². The molecule has 0 radical (unpaired) electrons. The van der Waals surface area contributed by atoms with E-state index < -0.39 is 0 Å². The average molecular weight is 298 g/mol. The summed E-state index contributed by atoms with van der Waals surface area (Å²) in [6.45, 7) is 1.81. The number of benzene rings is 1. The molecule has 2 heterocycles. The SMILES string of the molecule is O=C(C=Cc1ccc2c(c1)OCO2)NCCCn1cccc1. The normalized spacial score (nSPS) is 12.7. The van der Waals surface area contributed by atoms with Crippen molar-refractivity contribution in [3.05, 3.63) is 54.4 Å². The Morgan fingerprint density at radius 1 is 1.23 bits per heavy atom. The summed E-state index contributed by atoms with van der Waals surface area (Å²) in [5.74, 6) is 1.37. The highest BCUT2D eigenvalue weighted by Gasteiger charge is 2.12. The van der Waals surface area contributed by atoms with Crippen molar-refractivity contribution < 1.29 is 14.3 Å².